The number of benzene rings is 1. The van der Waals surface area contributed by atoms with E-state index < -0.39 is 17.4 Å². The lowest BCUT2D eigenvalue weighted by Crippen LogP contribution is -2.28. The van der Waals surface area contributed by atoms with Gasteiger partial charge >= 0.3 is 5.97 Å². The third-order valence-corrected chi connectivity index (χ3v) is 9.41. The van der Waals surface area contributed by atoms with Gasteiger partial charge in [-0.1, -0.05) is 19.1 Å². The van der Waals surface area contributed by atoms with Crippen LogP contribution in [-0.4, -0.2) is 41.1 Å². The lowest BCUT2D eigenvalue weighted by atomic mass is 9.88. The zero-order valence-electron chi connectivity index (χ0n) is 23.2. The van der Waals surface area contributed by atoms with E-state index in [1.54, 1.807) is 38.1 Å². The van der Waals surface area contributed by atoms with Gasteiger partial charge in [0, 0.05) is 4.88 Å². The number of nitrogens with zero attached hydrogens (tertiary/aromatic N) is 2. The number of carbonyl (C=O) groups excluding carboxylic acids is 3. The van der Waals surface area contributed by atoms with Crippen LogP contribution in [0.1, 0.15) is 56.3 Å². The maximum absolute atomic E-state index is 13.4. The van der Waals surface area contributed by atoms with Crippen molar-refractivity contribution in [1.82, 2.24) is 9.55 Å². The van der Waals surface area contributed by atoms with Gasteiger partial charge in [-0.15, -0.1) is 22.7 Å². The number of amides is 2. The fraction of sp³-hybridized carbons (Fsp3) is 0.345. The Morgan fingerprint density at radius 3 is 2.71 bits per heavy atom. The molecule has 0 spiro atoms. The SMILES string of the molecule is CCOC(=O)c1c(NC(=O)Cn2cnc3sc(C(=O)Nc4ccccc4OC)c(C)c3c2=O)sc2c1CC[C@H](C)C2. The molecule has 0 radical (unpaired) electrons. The molecule has 1 aliphatic rings. The normalized spacial score (nSPS) is 14.4. The smallest absolute Gasteiger partial charge is 0.341 e. The predicted molar refractivity (Wildman–Crippen MR) is 160 cm³/mol. The molecule has 1 aliphatic carbocycles. The second kappa shape index (κ2) is 11.8. The number of ether oxygens (including phenoxy) is 2. The number of rotatable bonds is 8. The van der Waals surface area contributed by atoms with Gasteiger partial charge in [-0.25, -0.2) is 9.78 Å². The van der Waals surface area contributed by atoms with Crippen LogP contribution >= 0.6 is 22.7 Å². The van der Waals surface area contributed by atoms with Gasteiger partial charge in [0.25, 0.3) is 11.5 Å². The number of para-hydroxylation sites is 2. The summed E-state index contributed by atoms with van der Waals surface area (Å²) in [6.07, 6.45) is 3.85. The van der Waals surface area contributed by atoms with Crippen LogP contribution in [0.5, 0.6) is 5.75 Å². The van der Waals surface area contributed by atoms with Crippen molar-refractivity contribution in [2.75, 3.05) is 24.4 Å². The van der Waals surface area contributed by atoms with Gasteiger partial charge in [0.15, 0.2) is 0 Å². The molecule has 1 atom stereocenters. The summed E-state index contributed by atoms with van der Waals surface area (Å²) in [5.41, 5.74) is 1.91. The first-order valence-corrected chi connectivity index (χ1v) is 14.9. The van der Waals surface area contributed by atoms with Crippen molar-refractivity contribution in [2.24, 2.45) is 5.92 Å². The third kappa shape index (κ3) is 5.62. The maximum atomic E-state index is 13.4. The van der Waals surface area contributed by atoms with E-state index in [9.17, 15) is 19.2 Å². The zero-order chi connectivity index (χ0) is 29.3. The van der Waals surface area contributed by atoms with Crippen LogP contribution in [0.15, 0.2) is 35.4 Å². The fourth-order valence-electron chi connectivity index (χ4n) is 4.99. The molecule has 1 aromatic carbocycles. The Balaban J connectivity index is 1.39. The van der Waals surface area contributed by atoms with Gasteiger partial charge in [0.05, 0.1) is 41.6 Å². The van der Waals surface area contributed by atoms with Gasteiger partial charge in [0.1, 0.15) is 22.1 Å². The number of thiophene rings is 2. The Labute approximate surface area is 244 Å². The zero-order valence-corrected chi connectivity index (χ0v) is 24.8. The van der Waals surface area contributed by atoms with Crippen molar-refractivity contribution in [3.63, 3.8) is 0 Å². The maximum Gasteiger partial charge on any atom is 0.341 e. The van der Waals surface area contributed by atoms with E-state index in [4.69, 9.17) is 9.47 Å². The Morgan fingerprint density at radius 2 is 1.95 bits per heavy atom. The number of anilines is 2. The Morgan fingerprint density at radius 1 is 1.17 bits per heavy atom. The number of nitrogens with one attached hydrogen (secondary N) is 2. The van der Waals surface area contributed by atoms with Crippen LogP contribution in [0.4, 0.5) is 10.7 Å². The summed E-state index contributed by atoms with van der Waals surface area (Å²) in [7, 11) is 1.52. The minimum absolute atomic E-state index is 0.229. The average molecular weight is 595 g/mol. The van der Waals surface area contributed by atoms with Crippen LogP contribution in [-0.2, 0) is 28.9 Å². The lowest BCUT2D eigenvalue weighted by molar-refractivity contribution is -0.116. The van der Waals surface area contributed by atoms with Crippen LogP contribution in [0.2, 0.25) is 0 Å². The first kappa shape index (κ1) is 28.5. The predicted octanol–water partition coefficient (Wildman–Crippen LogP) is 5.03. The van der Waals surface area contributed by atoms with Gasteiger partial charge < -0.3 is 20.1 Å². The second-order valence-corrected chi connectivity index (χ2v) is 12.0. The highest BCUT2D eigenvalue weighted by Crippen LogP contribution is 2.40. The number of fused-ring (bicyclic) bond motifs is 2. The number of esters is 1. The van der Waals surface area contributed by atoms with Crippen molar-refractivity contribution in [3.05, 3.63) is 67.4 Å². The first-order valence-electron chi connectivity index (χ1n) is 13.3. The molecule has 214 valence electrons. The molecule has 0 fully saturated rings. The summed E-state index contributed by atoms with van der Waals surface area (Å²) in [6, 6.07) is 7.04. The van der Waals surface area contributed by atoms with Gasteiger partial charge in [-0.05, 0) is 62.3 Å². The molecule has 3 aromatic heterocycles. The monoisotopic (exact) mass is 594 g/mol. The minimum Gasteiger partial charge on any atom is -0.495 e. The van der Waals surface area contributed by atoms with Crippen LogP contribution in [0.25, 0.3) is 10.2 Å². The van der Waals surface area contributed by atoms with Crippen molar-refractivity contribution in [3.8, 4) is 5.75 Å². The van der Waals surface area contributed by atoms with E-state index in [0.717, 1.165) is 41.0 Å². The second-order valence-electron chi connectivity index (χ2n) is 9.89. The molecule has 0 aliphatic heterocycles. The summed E-state index contributed by atoms with van der Waals surface area (Å²) < 4.78 is 11.8. The highest BCUT2D eigenvalue weighted by atomic mass is 32.1. The van der Waals surface area contributed by atoms with Crippen LogP contribution in [0.3, 0.4) is 0 Å². The molecule has 0 unspecified atom stereocenters. The standard InChI is InChI=1S/C29H30N4O6S2/c1-5-39-29(37)23-17-11-10-15(2)12-20(17)40-27(23)32-21(34)13-33-14-30-26-22(28(33)36)16(3)24(41-26)25(35)31-18-8-6-7-9-19(18)38-4/h6-9,14-15H,5,10-13H2,1-4H3,(H,31,35)(H,32,34)/t15-/m0/s1. The molecule has 2 amide bonds. The van der Waals surface area contributed by atoms with E-state index in [2.05, 4.69) is 22.5 Å². The molecular formula is C29H30N4O6S2. The van der Waals surface area contributed by atoms with Crippen molar-refractivity contribution < 1.29 is 23.9 Å². The summed E-state index contributed by atoms with van der Waals surface area (Å²) in [5, 5.41) is 6.39. The number of hydrogen-bond donors (Lipinski definition) is 2. The molecule has 12 heteroatoms. The molecule has 3 heterocycles. The highest BCUT2D eigenvalue weighted by Gasteiger charge is 2.29. The van der Waals surface area contributed by atoms with Gasteiger partial charge in [-0.2, -0.15) is 0 Å². The van der Waals surface area contributed by atoms with E-state index in [1.165, 1.54) is 29.3 Å². The van der Waals surface area contributed by atoms with Crippen molar-refractivity contribution >= 4 is 61.4 Å². The Hall–Kier alpha value is -4.03. The fourth-order valence-corrected chi connectivity index (χ4v) is 7.44. The molecule has 5 rings (SSSR count). The molecule has 0 saturated carbocycles. The lowest BCUT2D eigenvalue weighted by Gasteiger charge is -2.18. The minimum atomic E-state index is -0.465. The molecule has 4 aromatic rings. The topological polar surface area (TPSA) is 129 Å². The van der Waals surface area contributed by atoms with Crippen LogP contribution in [0, 0.1) is 12.8 Å². The van der Waals surface area contributed by atoms with Gasteiger partial charge in [-0.3, -0.25) is 19.0 Å². The summed E-state index contributed by atoms with van der Waals surface area (Å²) in [4.78, 5) is 58.6. The molecule has 10 nitrogen and oxygen atoms in total. The Bertz CT molecular complexity index is 1720. The number of hydrogen-bond acceptors (Lipinski definition) is 9. The number of aromatic nitrogens is 2. The third-order valence-electron chi connectivity index (χ3n) is 7.04. The molecule has 0 bridgehead atoms. The van der Waals surface area contributed by atoms with E-state index >= 15 is 0 Å². The molecular weight excluding hydrogens is 564 g/mol. The molecule has 0 saturated heterocycles. The van der Waals surface area contributed by atoms with E-state index in [1.807, 2.05) is 0 Å². The summed E-state index contributed by atoms with van der Waals surface area (Å²) in [5.74, 6) is -0.304. The van der Waals surface area contributed by atoms with Crippen LogP contribution < -0.4 is 20.9 Å². The molecule has 2 N–H and O–H groups in total. The van der Waals surface area contributed by atoms with Crippen molar-refractivity contribution in [2.45, 2.75) is 46.6 Å². The number of methoxy groups -OCH3 is 1. The Kier molecular flexibility index (Phi) is 8.22. The van der Waals surface area contributed by atoms with E-state index in [-0.39, 0.29) is 24.4 Å². The quantitative estimate of drug-likeness (QED) is 0.274. The average Bonchev–Trinajstić information content (AvgIpc) is 3.47. The first-order chi connectivity index (χ1) is 19.7. The number of aryl methyl sites for hydroxylation is 1. The molecule has 41 heavy (non-hydrogen) atoms. The summed E-state index contributed by atoms with van der Waals surface area (Å²) in [6.45, 7) is 5.52. The number of carbonyl (C=O) groups is 3. The largest absolute Gasteiger partial charge is 0.495 e. The highest BCUT2D eigenvalue weighted by molar-refractivity contribution is 7.20. The van der Waals surface area contributed by atoms with Crippen molar-refractivity contribution in [1.29, 1.82) is 0 Å². The van der Waals surface area contributed by atoms with E-state index in [0.29, 0.717) is 43.2 Å². The van der Waals surface area contributed by atoms with Gasteiger partial charge in [0.2, 0.25) is 5.91 Å². The summed E-state index contributed by atoms with van der Waals surface area (Å²) >= 11 is 2.50.